The number of rotatable bonds is 8. The molecule has 1 fully saturated rings. The molecule has 1 atom stereocenters. The fraction of sp³-hybridized carbons (Fsp3) is 0.333. The number of benzene rings is 3. The number of hydrogen-bond donors (Lipinski definition) is 1. The van der Waals surface area contributed by atoms with Crippen LogP contribution >= 0.6 is 0 Å². The maximum Gasteiger partial charge on any atom is 0.295 e. The van der Waals surface area contributed by atoms with Gasteiger partial charge >= 0.3 is 0 Å². The molecule has 4 rings (SSSR count). The first-order valence-corrected chi connectivity index (χ1v) is 13.3. The van der Waals surface area contributed by atoms with E-state index < -0.39 is 17.7 Å². The molecule has 0 saturated carbocycles. The van der Waals surface area contributed by atoms with Gasteiger partial charge in [0.25, 0.3) is 11.7 Å². The maximum absolute atomic E-state index is 13.4. The summed E-state index contributed by atoms with van der Waals surface area (Å²) in [7, 11) is 0. The van der Waals surface area contributed by atoms with Crippen molar-refractivity contribution in [3.63, 3.8) is 0 Å². The lowest BCUT2D eigenvalue weighted by atomic mass is 9.94. The molecule has 1 amide bonds. The van der Waals surface area contributed by atoms with E-state index in [1.165, 1.54) is 4.90 Å². The summed E-state index contributed by atoms with van der Waals surface area (Å²) in [5, 5.41) is 11.4. The molecule has 0 spiro atoms. The van der Waals surface area contributed by atoms with Gasteiger partial charge in [-0.05, 0) is 69.0 Å². The van der Waals surface area contributed by atoms with Gasteiger partial charge in [0.2, 0.25) is 0 Å². The summed E-state index contributed by atoms with van der Waals surface area (Å²) in [4.78, 5) is 28.4. The average Bonchev–Trinajstić information content (AvgIpc) is 3.12. The van der Waals surface area contributed by atoms with E-state index in [0.717, 1.165) is 22.4 Å². The van der Waals surface area contributed by atoms with Gasteiger partial charge in [0.05, 0.1) is 18.2 Å². The minimum absolute atomic E-state index is 0.0688. The number of Topliss-reactive ketones (excluding diaryl/α,β-unsaturated/α-hetero) is 1. The summed E-state index contributed by atoms with van der Waals surface area (Å²) < 4.78 is 11.8. The predicted octanol–water partition coefficient (Wildman–Crippen LogP) is 6.83. The lowest BCUT2D eigenvalue weighted by Crippen LogP contribution is -2.29. The van der Waals surface area contributed by atoms with Crippen LogP contribution in [-0.4, -0.2) is 33.9 Å². The summed E-state index contributed by atoms with van der Waals surface area (Å²) in [6.45, 7) is 12.7. The molecule has 6 heteroatoms. The molecule has 1 saturated heterocycles. The van der Waals surface area contributed by atoms with Crippen molar-refractivity contribution < 1.29 is 24.2 Å². The first kappa shape index (κ1) is 28.0. The number of ether oxygens (including phenoxy) is 2. The molecule has 0 aliphatic carbocycles. The van der Waals surface area contributed by atoms with Crippen molar-refractivity contribution in [3.05, 3.63) is 101 Å². The molecule has 1 N–H and O–H groups in total. The molecule has 6 nitrogen and oxygen atoms in total. The van der Waals surface area contributed by atoms with Crippen molar-refractivity contribution in [3.8, 4) is 11.5 Å². The molecule has 3 aromatic carbocycles. The number of carbonyl (C=O) groups excluding carboxylic acids is 2. The summed E-state index contributed by atoms with van der Waals surface area (Å²) in [5.74, 6) is 0.0782. The molecule has 204 valence electrons. The average molecular weight is 528 g/mol. The molecule has 1 aliphatic heterocycles. The number of aryl methyl sites for hydroxylation is 1. The zero-order valence-corrected chi connectivity index (χ0v) is 23.5. The Morgan fingerprint density at radius 3 is 2.28 bits per heavy atom. The highest BCUT2D eigenvalue weighted by Gasteiger charge is 2.46. The SMILES string of the molecule is Cc1cccc(C2/C(=C(/O)c3cccc(OCC(C)C)c3)C(=O)C(=O)N2Cc2ccc(OC(C)(C)C)cc2)c1. The highest BCUT2D eigenvalue weighted by Crippen LogP contribution is 2.41. The first-order valence-electron chi connectivity index (χ1n) is 13.3. The van der Waals surface area contributed by atoms with Crippen LogP contribution in [0.25, 0.3) is 5.76 Å². The molecule has 39 heavy (non-hydrogen) atoms. The topological polar surface area (TPSA) is 76.1 Å². The van der Waals surface area contributed by atoms with Crippen molar-refractivity contribution in [1.82, 2.24) is 4.90 Å². The van der Waals surface area contributed by atoms with E-state index >= 15 is 0 Å². The largest absolute Gasteiger partial charge is 0.507 e. The van der Waals surface area contributed by atoms with Crippen LogP contribution < -0.4 is 9.47 Å². The fourth-order valence-corrected chi connectivity index (χ4v) is 4.59. The maximum atomic E-state index is 13.4. The lowest BCUT2D eigenvalue weighted by Gasteiger charge is -2.26. The van der Waals surface area contributed by atoms with E-state index in [-0.39, 0.29) is 23.5 Å². The fourth-order valence-electron chi connectivity index (χ4n) is 4.59. The Hall–Kier alpha value is -4.06. The van der Waals surface area contributed by atoms with Crippen LogP contribution in [0.3, 0.4) is 0 Å². The Bertz CT molecular complexity index is 1380. The van der Waals surface area contributed by atoms with Crippen LogP contribution in [0.5, 0.6) is 11.5 Å². The van der Waals surface area contributed by atoms with E-state index in [2.05, 4.69) is 13.8 Å². The highest BCUT2D eigenvalue weighted by molar-refractivity contribution is 6.46. The molecular formula is C33H37NO5. The molecule has 0 radical (unpaired) electrons. The van der Waals surface area contributed by atoms with Gasteiger partial charge < -0.3 is 19.5 Å². The molecule has 1 unspecified atom stereocenters. The van der Waals surface area contributed by atoms with Crippen molar-refractivity contribution in [2.24, 2.45) is 5.92 Å². The molecule has 1 aliphatic rings. The van der Waals surface area contributed by atoms with Crippen molar-refractivity contribution in [1.29, 1.82) is 0 Å². The van der Waals surface area contributed by atoms with Crippen LogP contribution in [0.1, 0.15) is 62.9 Å². The third-order valence-corrected chi connectivity index (χ3v) is 6.29. The standard InChI is InChI=1S/C33H37NO5/c1-21(2)20-38-27-12-8-11-25(18-27)30(35)28-29(24-10-7-9-22(3)17-24)34(32(37)31(28)36)19-23-13-15-26(16-14-23)39-33(4,5)6/h7-18,21,29,35H,19-20H2,1-6H3/b30-28-. The van der Waals surface area contributed by atoms with Gasteiger partial charge in [0, 0.05) is 12.1 Å². The minimum atomic E-state index is -0.740. The summed E-state index contributed by atoms with van der Waals surface area (Å²) >= 11 is 0. The zero-order chi connectivity index (χ0) is 28.3. The second kappa shape index (κ2) is 11.4. The van der Waals surface area contributed by atoms with Gasteiger partial charge in [0.1, 0.15) is 22.9 Å². The number of amides is 1. The minimum Gasteiger partial charge on any atom is -0.507 e. The summed E-state index contributed by atoms with van der Waals surface area (Å²) in [5.41, 5.74) is 2.76. The summed E-state index contributed by atoms with van der Waals surface area (Å²) in [6.07, 6.45) is 0. The van der Waals surface area contributed by atoms with Gasteiger partial charge in [-0.15, -0.1) is 0 Å². The van der Waals surface area contributed by atoms with Crippen LogP contribution in [0, 0.1) is 12.8 Å². The normalized spacial score (nSPS) is 17.1. The third-order valence-electron chi connectivity index (χ3n) is 6.29. The zero-order valence-electron chi connectivity index (χ0n) is 23.5. The van der Waals surface area contributed by atoms with Gasteiger partial charge in [0.15, 0.2) is 0 Å². The van der Waals surface area contributed by atoms with E-state index in [1.54, 1.807) is 18.2 Å². The number of hydrogen-bond acceptors (Lipinski definition) is 5. The van der Waals surface area contributed by atoms with Crippen LogP contribution in [-0.2, 0) is 16.1 Å². The number of likely N-dealkylation sites (tertiary alicyclic amines) is 1. The van der Waals surface area contributed by atoms with Gasteiger partial charge in [-0.25, -0.2) is 0 Å². The second-order valence-electron chi connectivity index (χ2n) is 11.4. The quantitative estimate of drug-likeness (QED) is 0.197. The number of carbonyl (C=O) groups is 2. The number of ketones is 1. The molecule has 3 aromatic rings. The van der Waals surface area contributed by atoms with Gasteiger partial charge in [-0.3, -0.25) is 9.59 Å². The lowest BCUT2D eigenvalue weighted by molar-refractivity contribution is -0.140. The number of nitrogens with zero attached hydrogens (tertiary/aromatic N) is 1. The van der Waals surface area contributed by atoms with E-state index in [1.807, 2.05) is 82.3 Å². The van der Waals surface area contributed by atoms with E-state index in [0.29, 0.717) is 23.8 Å². The van der Waals surface area contributed by atoms with Crippen LogP contribution in [0.2, 0.25) is 0 Å². The first-order chi connectivity index (χ1) is 18.4. The second-order valence-corrected chi connectivity index (χ2v) is 11.4. The molecular weight excluding hydrogens is 490 g/mol. The van der Waals surface area contributed by atoms with E-state index in [9.17, 15) is 14.7 Å². The van der Waals surface area contributed by atoms with Gasteiger partial charge in [-0.2, -0.15) is 0 Å². The third kappa shape index (κ3) is 6.69. The summed E-state index contributed by atoms with van der Waals surface area (Å²) in [6, 6.07) is 21.4. The Balaban J connectivity index is 1.74. The smallest absolute Gasteiger partial charge is 0.295 e. The highest BCUT2D eigenvalue weighted by atomic mass is 16.5. The molecule has 1 heterocycles. The Morgan fingerprint density at radius 2 is 1.64 bits per heavy atom. The number of aliphatic hydroxyl groups excluding tert-OH is 1. The Kier molecular flexibility index (Phi) is 8.14. The Labute approximate surface area is 230 Å². The van der Waals surface area contributed by atoms with Crippen molar-refractivity contribution in [2.75, 3.05) is 6.61 Å². The number of aliphatic hydroxyl groups is 1. The van der Waals surface area contributed by atoms with Crippen LogP contribution in [0.15, 0.2) is 78.4 Å². The monoisotopic (exact) mass is 527 g/mol. The van der Waals surface area contributed by atoms with Crippen LogP contribution in [0.4, 0.5) is 0 Å². The molecule has 0 aromatic heterocycles. The van der Waals surface area contributed by atoms with Crippen molar-refractivity contribution >= 4 is 17.4 Å². The van der Waals surface area contributed by atoms with Gasteiger partial charge in [-0.1, -0.05) is 67.9 Å². The predicted molar refractivity (Wildman–Crippen MR) is 153 cm³/mol. The van der Waals surface area contributed by atoms with Crippen molar-refractivity contribution in [2.45, 2.75) is 59.7 Å². The molecule has 0 bridgehead atoms. The van der Waals surface area contributed by atoms with E-state index in [4.69, 9.17) is 9.47 Å². The Morgan fingerprint density at radius 1 is 0.949 bits per heavy atom.